The number of para-hydroxylation sites is 1. The van der Waals surface area contributed by atoms with Gasteiger partial charge in [0, 0.05) is 24.3 Å². The van der Waals surface area contributed by atoms with E-state index in [2.05, 4.69) is 52.1 Å². The molecule has 1 saturated heterocycles. The molecule has 3 aromatic carbocycles. The highest BCUT2D eigenvalue weighted by Gasteiger charge is 2.33. The Labute approximate surface area is 271 Å². The maximum absolute atomic E-state index is 14.0. The van der Waals surface area contributed by atoms with Gasteiger partial charge in [-0.25, -0.2) is 4.79 Å². The fraction of sp³-hybridized carbons (Fsp3) is 0.371. The van der Waals surface area contributed by atoms with Crippen LogP contribution >= 0.6 is 0 Å². The van der Waals surface area contributed by atoms with Gasteiger partial charge < -0.3 is 25.4 Å². The zero-order valence-corrected chi connectivity index (χ0v) is 28.0. The number of nitrogens with zero attached hydrogens (tertiary/aromatic N) is 3. The molecule has 46 heavy (non-hydrogen) atoms. The van der Waals surface area contributed by atoms with E-state index in [4.69, 9.17) is 9.47 Å². The van der Waals surface area contributed by atoms with Gasteiger partial charge in [-0.05, 0) is 35.6 Å². The lowest BCUT2D eigenvalue weighted by atomic mass is 9.84. The summed E-state index contributed by atoms with van der Waals surface area (Å²) in [6.45, 7) is 8.83. The van der Waals surface area contributed by atoms with Crippen LogP contribution in [0.1, 0.15) is 29.0 Å². The highest BCUT2D eigenvalue weighted by molar-refractivity contribution is 6.88. The molecule has 242 valence electrons. The third kappa shape index (κ3) is 8.68. The van der Waals surface area contributed by atoms with Crippen molar-refractivity contribution in [2.24, 2.45) is 0 Å². The van der Waals surface area contributed by atoms with Gasteiger partial charge in [-0.2, -0.15) is 0 Å². The van der Waals surface area contributed by atoms with E-state index in [0.29, 0.717) is 25.3 Å². The molecule has 2 amide bonds. The van der Waals surface area contributed by atoms with Crippen molar-refractivity contribution in [2.45, 2.75) is 63.1 Å². The first-order valence-corrected chi connectivity index (χ1v) is 19.3. The van der Waals surface area contributed by atoms with E-state index in [9.17, 15) is 9.59 Å². The number of benzene rings is 3. The second-order valence-corrected chi connectivity index (χ2v) is 17.7. The van der Waals surface area contributed by atoms with E-state index >= 15 is 0 Å². The second kappa shape index (κ2) is 15.3. The smallest absolute Gasteiger partial charge is 0.407 e. The normalized spacial score (nSPS) is 17.3. The molecular formula is C35H44N6O4Si. The number of methoxy groups -OCH3 is 1. The summed E-state index contributed by atoms with van der Waals surface area (Å²) < 4.78 is 13.1. The van der Waals surface area contributed by atoms with Crippen LogP contribution in [0.2, 0.25) is 19.6 Å². The summed E-state index contributed by atoms with van der Waals surface area (Å²) in [6.07, 6.45) is 2.94. The molecule has 0 bridgehead atoms. The fourth-order valence-corrected chi connectivity index (χ4v) is 6.58. The average molecular weight is 641 g/mol. The van der Waals surface area contributed by atoms with Crippen molar-refractivity contribution in [1.82, 2.24) is 25.6 Å². The number of nitrogens with one attached hydrogen (secondary N) is 3. The third-order valence-electron chi connectivity index (χ3n) is 8.28. The van der Waals surface area contributed by atoms with Crippen LogP contribution in [0.15, 0.2) is 91.1 Å². The van der Waals surface area contributed by atoms with Crippen molar-refractivity contribution in [1.29, 1.82) is 0 Å². The molecule has 1 aromatic heterocycles. The van der Waals surface area contributed by atoms with Gasteiger partial charge in [0.15, 0.2) is 0 Å². The zero-order chi connectivity index (χ0) is 32.5. The maximum Gasteiger partial charge on any atom is 0.407 e. The Morgan fingerprint density at radius 3 is 2.24 bits per heavy atom. The average Bonchev–Trinajstić information content (AvgIpc) is 3.55. The van der Waals surface area contributed by atoms with Crippen LogP contribution in [0.4, 0.5) is 10.5 Å². The highest BCUT2D eigenvalue weighted by atomic mass is 28.3. The number of aryl methyl sites for hydroxylation is 1. The Hall–Kier alpha value is -4.32. The van der Waals surface area contributed by atoms with E-state index in [1.54, 1.807) is 0 Å². The fourth-order valence-electron chi connectivity index (χ4n) is 5.70. The molecule has 11 heteroatoms. The molecule has 10 nitrogen and oxygen atoms in total. The maximum atomic E-state index is 14.0. The Balaban J connectivity index is 1.24. The molecule has 3 N–H and O–H groups in total. The molecule has 0 spiro atoms. The van der Waals surface area contributed by atoms with Gasteiger partial charge in [0.05, 0.1) is 37.7 Å². The predicted octanol–water partition coefficient (Wildman–Crippen LogP) is 4.31. The largest absolute Gasteiger partial charge is 0.453 e. The summed E-state index contributed by atoms with van der Waals surface area (Å²) in [5, 5.41) is 19.3. The van der Waals surface area contributed by atoms with Gasteiger partial charge in [0.25, 0.3) is 0 Å². The van der Waals surface area contributed by atoms with Crippen molar-refractivity contribution in [3.8, 4) is 0 Å². The molecule has 1 aliphatic heterocycles. The summed E-state index contributed by atoms with van der Waals surface area (Å²) in [7, 11) is -0.202. The topological polar surface area (TPSA) is 119 Å². The number of anilines is 1. The summed E-state index contributed by atoms with van der Waals surface area (Å²) in [6, 6.07) is 26.4. The number of ether oxygens (including phenoxy) is 2. The molecule has 4 aromatic rings. The number of alkyl carbamates (subject to hydrolysis) is 1. The number of carbonyl (C=O) groups excluding carboxylic acids is 2. The van der Waals surface area contributed by atoms with Crippen molar-refractivity contribution < 1.29 is 19.1 Å². The molecule has 0 saturated carbocycles. The third-order valence-corrected chi connectivity index (χ3v) is 10.1. The SMILES string of the molecule is COC(=O)NC(C(=O)Nc1ccccc1CCC1CNC(Cn2cc([Si](C)(C)C)nn2)CO1)C(c1ccccc1)c1ccccc1. The van der Waals surface area contributed by atoms with Gasteiger partial charge in [-0.1, -0.05) is 104 Å². The number of hydrogen-bond donors (Lipinski definition) is 3. The molecule has 0 aliphatic carbocycles. The van der Waals surface area contributed by atoms with Gasteiger partial charge in [0.1, 0.15) is 14.1 Å². The molecule has 3 atom stereocenters. The van der Waals surface area contributed by atoms with Crippen molar-refractivity contribution in [2.75, 3.05) is 25.6 Å². The summed E-state index contributed by atoms with van der Waals surface area (Å²) in [4.78, 5) is 26.5. The minimum atomic E-state index is -1.50. The van der Waals surface area contributed by atoms with Crippen LogP contribution in [-0.2, 0) is 27.2 Å². The Bertz CT molecular complexity index is 1530. The van der Waals surface area contributed by atoms with Gasteiger partial charge in [-0.15, -0.1) is 5.10 Å². The summed E-state index contributed by atoms with van der Waals surface area (Å²) in [5.74, 6) is -0.776. The van der Waals surface area contributed by atoms with Gasteiger partial charge >= 0.3 is 6.09 Å². The molecule has 3 unspecified atom stereocenters. The number of carbonyl (C=O) groups is 2. The van der Waals surface area contributed by atoms with E-state index in [-0.39, 0.29) is 18.1 Å². The van der Waals surface area contributed by atoms with Crippen LogP contribution < -0.4 is 21.3 Å². The summed E-state index contributed by atoms with van der Waals surface area (Å²) >= 11 is 0. The number of morpholine rings is 1. The minimum absolute atomic E-state index is 0.0441. The van der Waals surface area contributed by atoms with Crippen LogP contribution in [0.5, 0.6) is 0 Å². The predicted molar refractivity (Wildman–Crippen MR) is 182 cm³/mol. The number of aromatic nitrogens is 3. The van der Waals surface area contributed by atoms with Gasteiger partial charge in [-0.3, -0.25) is 9.48 Å². The molecule has 1 fully saturated rings. The monoisotopic (exact) mass is 640 g/mol. The van der Waals surface area contributed by atoms with Crippen LogP contribution in [-0.4, -0.2) is 73.5 Å². The van der Waals surface area contributed by atoms with Crippen molar-refractivity contribution in [3.05, 3.63) is 108 Å². The van der Waals surface area contributed by atoms with E-state index in [1.165, 1.54) is 7.11 Å². The molecule has 5 rings (SSSR count). The van der Waals surface area contributed by atoms with Gasteiger partial charge in [0.2, 0.25) is 5.91 Å². The number of amides is 2. The van der Waals surface area contributed by atoms with Crippen LogP contribution in [0.25, 0.3) is 0 Å². The second-order valence-electron chi connectivity index (χ2n) is 12.7. The van der Waals surface area contributed by atoms with E-state index < -0.39 is 26.1 Å². The first-order chi connectivity index (χ1) is 22.2. The Morgan fingerprint density at radius 2 is 1.65 bits per heavy atom. The highest BCUT2D eigenvalue weighted by Crippen LogP contribution is 2.30. The summed E-state index contributed by atoms with van der Waals surface area (Å²) in [5.41, 5.74) is 3.50. The van der Waals surface area contributed by atoms with E-state index in [0.717, 1.165) is 35.0 Å². The minimum Gasteiger partial charge on any atom is -0.453 e. The molecular weight excluding hydrogens is 597 g/mol. The van der Waals surface area contributed by atoms with Crippen LogP contribution in [0, 0.1) is 0 Å². The standard InChI is InChI=1S/C35H44N6O4Si/c1-44-35(43)38-33(32(26-14-7-5-8-15-26)27-16-9-6-10-17-27)34(42)37-30-18-12-11-13-25(30)19-20-29-21-36-28(24-45-29)22-41-23-31(39-40-41)46(2,3)4/h5-18,23,28-29,32-33,36H,19-22,24H2,1-4H3,(H,37,42)(H,38,43). The van der Waals surface area contributed by atoms with E-state index in [1.807, 2.05) is 89.6 Å². The zero-order valence-electron chi connectivity index (χ0n) is 27.0. The van der Waals surface area contributed by atoms with Crippen LogP contribution in [0.3, 0.4) is 0 Å². The lowest BCUT2D eigenvalue weighted by Crippen LogP contribution is -2.48. The molecule has 1 aliphatic rings. The molecule has 2 heterocycles. The Kier molecular flexibility index (Phi) is 11.0. The first-order valence-electron chi connectivity index (χ1n) is 15.8. The van der Waals surface area contributed by atoms with Crippen molar-refractivity contribution in [3.63, 3.8) is 0 Å². The lowest BCUT2D eigenvalue weighted by molar-refractivity contribution is -0.118. The Morgan fingerprint density at radius 1 is 1.00 bits per heavy atom. The lowest BCUT2D eigenvalue weighted by Gasteiger charge is -2.30. The number of hydrogen-bond acceptors (Lipinski definition) is 7. The molecule has 0 radical (unpaired) electrons. The van der Waals surface area contributed by atoms with Crippen molar-refractivity contribution >= 4 is 31.1 Å². The first kappa shape index (κ1) is 33.1. The number of rotatable bonds is 12. The quantitative estimate of drug-likeness (QED) is 0.198.